The largest absolute Gasteiger partial charge is 0.473 e. The molecule has 2 aromatic rings. The van der Waals surface area contributed by atoms with Gasteiger partial charge in [-0.15, -0.1) is 0 Å². The molecular weight excluding hydrogens is 288 g/mol. The average Bonchev–Trinajstić information content (AvgIpc) is 2.57. The van der Waals surface area contributed by atoms with Gasteiger partial charge in [0.05, 0.1) is 0 Å². The van der Waals surface area contributed by atoms with Gasteiger partial charge in [-0.1, -0.05) is 42.5 Å². The van der Waals surface area contributed by atoms with Crippen molar-refractivity contribution < 1.29 is 9.53 Å². The van der Waals surface area contributed by atoms with Gasteiger partial charge in [-0.25, -0.2) is 4.79 Å². The first-order valence-corrected chi connectivity index (χ1v) is 7.87. The molecule has 0 saturated carbocycles. The van der Waals surface area contributed by atoms with Crippen LogP contribution in [0.4, 0.5) is 4.79 Å². The molecule has 23 heavy (non-hydrogen) atoms. The number of aryl methyl sites for hydroxylation is 1. The van der Waals surface area contributed by atoms with Crippen molar-refractivity contribution in [3.8, 4) is 5.75 Å². The number of rotatable bonds is 6. The standard InChI is InChI=1S/C19H24N2O2/c1-4-21(13-17-10-6-5-7-11-17)19(22)20-14-23-18-12-8-9-15(2)16(18)3/h5-12H,4,13-14H2,1-3H3,(H,20,22). The van der Waals surface area contributed by atoms with Crippen LogP contribution in [0.1, 0.15) is 23.6 Å². The molecule has 0 saturated heterocycles. The molecule has 0 aliphatic heterocycles. The zero-order valence-corrected chi connectivity index (χ0v) is 14.0. The molecule has 0 heterocycles. The van der Waals surface area contributed by atoms with E-state index < -0.39 is 0 Å². The summed E-state index contributed by atoms with van der Waals surface area (Å²) >= 11 is 0. The van der Waals surface area contributed by atoms with Gasteiger partial charge in [0, 0.05) is 13.1 Å². The minimum absolute atomic E-state index is 0.123. The minimum atomic E-state index is -0.123. The van der Waals surface area contributed by atoms with E-state index >= 15 is 0 Å². The SMILES string of the molecule is CCN(Cc1ccccc1)C(=O)NCOc1cccc(C)c1C. The molecular formula is C19H24N2O2. The Hall–Kier alpha value is -2.49. The molecule has 0 radical (unpaired) electrons. The highest BCUT2D eigenvalue weighted by molar-refractivity contribution is 5.74. The lowest BCUT2D eigenvalue weighted by molar-refractivity contribution is 0.184. The maximum absolute atomic E-state index is 12.3. The fraction of sp³-hybridized carbons (Fsp3) is 0.316. The second kappa shape index (κ2) is 8.22. The second-order valence-corrected chi connectivity index (χ2v) is 5.47. The van der Waals surface area contributed by atoms with E-state index in [1.165, 1.54) is 5.56 Å². The quantitative estimate of drug-likeness (QED) is 0.823. The van der Waals surface area contributed by atoms with E-state index in [4.69, 9.17) is 4.74 Å². The third-order valence-electron chi connectivity index (χ3n) is 3.89. The van der Waals surface area contributed by atoms with E-state index in [0.717, 1.165) is 16.9 Å². The molecule has 2 amide bonds. The van der Waals surface area contributed by atoms with Gasteiger partial charge >= 0.3 is 6.03 Å². The minimum Gasteiger partial charge on any atom is -0.473 e. The Labute approximate surface area is 138 Å². The third-order valence-corrected chi connectivity index (χ3v) is 3.89. The normalized spacial score (nSPS) is 10.2. The number of urea groups is 1. The number of nitrogens with one attached hydrogen (secondary N) is 1. The number of carbonyl (C=O) groups is 1. The molecule has 4 heteroatoms. The van der Waals surface area contributed by atoms with Crippen molar-refractivity contribution in [2.75, 3.05) is 13.3 Å². The van der Waals surface area contributed by atoms with E-state index in [0.29, 0.717) is 13.1 Å². The first-order chi connectivity index (χ1) is 11.1. The summed E-state index contributed by atoms with van der Waals surface area (Å²) in [5, 5.41) is 2.81. The van der Waals surface area contributed by atoms with E-state index in [2.05, 4.69) is 5.32 Å². The lowest BCUT2D eigenvalue weighted by Crippen LogP contribution is -2.41. The molecule has 2 aromatic carbocycles. The molecule has 0 aliphatic carbocycles. The van der Waals surface area contributed by atoms with Gasteiger partial charge in [0.2, 0.25) is 0 Å². The molecule has 1 N–H and O–H groups in total. The summed E-state index contributed by atoms with van der Waals surface area (Å²) < 4.78 is 5.67. The Morgan fingerprint density at radius 2 is 1.83 bits per heavy atom. The fourth-order valence-corrected chi connectivity index (χ4v) is 2.30. The van der Waals surface area contributed by atoms with Gasteiger partial charge in [-0.2, -0.15) is 0 Å². The summed E-state index contributed by atoms with van der Waals surface area (Å²) in [7, 11) is 0. The van der Waals surface area contributed by atoms with Crippen LogP contribution in [-0.2, 0) is 6.54 Å². The summed E-state index contributed by atoms with van der Waals surface area (Å²) in [4.78, 5) is 14.0. The maximum atomic E-state index is 12.3. The predicted octanol–water partition coefficient (Wildman–Crippen LogP) is 3.87. The topological polar surface area (TPSA) is 41.6 Å². The second-order valence-electron chi connectivity index (χ2n) is 5.47. The van der Waals surface area contributed by atoms with Crippen molar-refractivity contribution in [2.45, 2.75) is 27.3 Å². The number of hydrogen-bond acceptors (Lipinski definition) is 2. The van der Waals surface area contributed by atoms with Crippen LogP contribution in [0.15, 0.2) is 48.5 Å². The Kier molecular flexibility index (Phi) is 6.03. The van der Waals surface area contributed by atoms with E-state index in [1.807, 2.05) is 69.3 Å². The van der Waals surface area contributed by atoms with E-state index in [9.17, 15) is 4.79 Å². The zero-order chi connectivity index (χ0) is 16.7. The molecule has 0 aromatic heterocycles. The van der Waals surface area contributed by atoms with E-state index in [1.54, 1.807) is 4.90 Å². The molecule has 0 fully saturated rings. The van der Waals surface area contributed by atoms with Crippen molar-refractivity contribution >= 4 is 6.03 Å². The number of ether oxygens (including phenoxy) is 1. The molecule has 0 bridgehead atoms. The van der Waals surface area contributed by atoms with Crippen LogP contribution < -0.4 is 10.1 Å². The molecule has 0 atom stereocenters. The van der Waals surface area contributed by atoms with Gasteiger partial charge in [0.1, 0.15) is 5.75 Å². The lowest BCUT2D eigenvalue weighted by Gasteiger charge is -2.22. The van der Waals surface area contributed by atoms with Crippen molar-refractivity contribution in [1.29, 1.82) is 0 Å². The van der Waals surface area contributed by atoms with Crippen molar-refractivity contribution in [3.05, 3.63) is 65.2 Å². The summed E-state index contributed by atoms with van der Waals surface area (Å²) in [5.41, 5.74) is 3.38. The number of nitrogens with zero attached hydrogens (tertiary/aromatic N) is 1. The number of benzene rings is 2. The van der Waals surface area contributed by atoms with Crippen LogP contribution in [0.5, 0.6) is 5.75 Å². The summed E-state index contributed by atoms with van der Waals surface area (Å²) in [6.07, 6.45) is 0. The highest BCUT2D eigenvalue weighted by atomic mass is 16.5. The summed E-state index contributed by atoms with van der Waals surface area (Å²) in [6, 6.07) is 15.7. The van der Waals surface area contributed by atoms with Crippen LogP contribution in [0.25, 0.3) is 0 Å². The van der Waals surface area contributed by atoms with E-state index in [-0.39, 0.29) is 12.8 Å². The predicted molar refractivity (Wildman–Crippen MR) is 92.5 cm³/mol. The summed E-state index contributed by atoms with van der Waals surface area (Å²) in [6.45, 7) is 7.42. The van der Waals surface area contributed by atoms with Crippen LogP contribution in [0.3, 0.4) is 0 Å². The fourth-order valence-electron chi connectivity index (χ4n) is 2.30. The Morgan fingerprint density at radius 1 is 1.09 bits per heavy atom. The average molecular weight is 312 g/mol. The smallest absolute Gasteiger partial charge is 0.320 e. The lowest BCUT2D eigenvalue weighted by atomic mass is 10.1. The van der Waals surface area contributed by atoms with Crippen molar-refractivity contribution in [1.82, 2.24) is 10.2 Å². The Bertz CT molecular complexity index is 641. The Balaban J connectivity index is 1.86. The zero-order valence-electron chi connectivity index (χ0n) is 14.0. The van der Waals surface area contributed by atoms with Gasteiger partial charge in [-0.3, -0.25) is 0 Å². The number of carbonyl (C=O) groups excluding carboxylic acids is 1. The molecule has 0 aliphatic rings. The molecule has 4 nitrogen and oxygen atoms in total. The summed E-state index contributed by atoms with van der Waals surface area (Å²) in [5.74, 6) is 0.802. The first kappa shape index (κ1) is 16.9. The molecule has 122 valence electrons. The first-order valence-electron chi connectivity index (χ1n) is 7.87. The van der Waals surface area contributed by atoms with Crippen LogP contribution in [-0.4, -0.2) is 24.2 Å². The van der Waals surface area contributed by atoms with Crippen LogP contribution in [0.2, 0.25) is 0 Å². The highest BCUT2D eigenvalue weighted by Crippen LogP contribution is 2.20. The van der Waals surface area contributed by atoms with Gasteiger partial charge in [0.15, 0.2) is 6.73 Å². The molecule has 2 rings (SSSR count). The molecule has 0 spiro atoms. The van der Waals surface area contributed by atoms with Crippen LogP contribution >= 0.6 is 0 Å². The van der Waals surface area contributed by atoms with Gasteiger partial charge < -0.3 is 15.0 Å². The third kappa shape index (κ3) is 4.74. The number of hydrogen-bond donors (Lipinski definition) is 1. The highest BCUT2D eigenvalue weighted by Gasteiger charge is 2.11. The van der Waals surface area contributed by atoms with Gasteiger partial charge in [0.25, 0.3) is 0 Å². The Morgan fingerprint density at radius 3 is 2.52 bits per heavy atom. The van der Waals surface area contributed by atoms with Gasteiger partial charge in [-0.05, 0) is 43.5 Å². The van der Waals surface area contributed by atoms with Crippen LogP contribution in [0, 0.1) is 13.8 Å². The van der Waals surface area contributed by atoms with Crippen molar-refractivity contribution in [2.24, 2.45) is 0 Å². The maximum Gasteiger partial charge on any atom is 0.320 e. The number of amides is 2. The monoisotopic (exact) mass is 312 g/mol. The van der Waals surface area contributed by atoms with Crippen molar-refractivity contribution in [3.63, 3.8) is 0 Å². The molecule has 0 unspecified atom stereocenters.